The maximum atomic E-state index is 14.1. The normalized spacial score (nSPS) is 11.9. The SMILES string of the molecule is COc1ncc(-c2cccc3nc([C@@H](C)Nc4nc(N)ncc4C)n(-c4ccccc4)c(=O)c23)cn1. The molecule has 1 atom stereocenters. The Hall–Kier alpha value is -4.86. The third-order valence-electron chi connectivity index (χ3n) is 5.79. The summed E-state index contributed by atoms with van der Waals surface area (Å²) in [6.07, 6.45) is 4.92. The van der Waals surface area contributed by atoms with Gasteiger partial charge in [-0.25, -0.2) is 19.9 Å². The van der Waals surface area contributed by atoms with Crippen LogP contribution in [0.25, 0.3) is 27.7 Å². The molecule has 0 radical (unpaired) electrons. The number of para-hydroxylation sites is 1. The van der Waals surface area contributed by atoms with Crippen LogP contribution >= 0.6 is 0 Å². The van der Waals surface area contributed by atoms with Crippen LogP contribution in [0, 0.1) is 6.92 Å². The van der Waals surface area contributed by atoms with Crippen LogP contribution in [-0.4, -0.2) is 36.6 Å². The van der Waals surface area contributed by atoms with E-state index in [0.29, 0.717) is 39.4 Å². The molecule has 0 amide bonds. The molecule has 0 aliphatic rings. The van der Waals surface area contributed by atoms with E-state index < -0.39 is 0 Å². The molecule has 0 saturated heterocycles. The number of aromatic nitrogens is 6. The zero-order valence-corrected chi connectivity index (χ0v) is 20.0. The molecule has 3 heterocycles. The molecule has 0 saturated carbocycles. The number of benzene rings is 2. The summed E-state index contributed by atoms with van der Waals surface area (Å²) in [5, 5.41) is 3.81. The maximum Gasteiger partial charge on any atom is 0.316 e. The van der Waals surface area contributed by atoms with E-state index >= 15 is 0 Å². The molecular formula is C26H24N8O2. The molecule has 10 heteroatoms. The number of hydrogen-bond donors (Lipinski definition) is 2. The van der Waals surface area contributed by atoms with Gasteiger partial charge in [-0.2, -0.15) is 4.98 Å². The van der Waals surface area contributed by atoms with Crippen LogP contribution < -0.4 is 21.3 Å². The first-order chi connectivity index (χ1) is 17.5. The second-order valence-electron chi connectivity index (χ2n) is 8.23. The first-order valence-electron chi connectivity index (χ1n) is 11.3. The molecule has 10 nitrogen and oxygen atoms in total. The van der Waals surface area contributed by atoms with Gasteiger partial charge in [0.25, 0.3) is 5.56 Å². The lowest BCUT2D eigenvalue weighted by atomic mass is 10.0. The topological polar surface area (TPSA) is 134 Å². The van der Waals surface area contributed by atoms with E-state index in [-0.39, 0.29) is 23.6 Å². The van der Waals surface area contributed by atoms with E-state index in [1.54, 1.807) is 23.2 Å². The summed E-state index contributed by atoms with van der Waals surface area (Å²) in [5.41, 5.74) is 9.04. The second kappa shape index (κ2) is 9.41. The summed E-state index contributed by atoms with van der Waals surface area (Å²) in [6.45, 7) is 3.81. The number of methoxy groups -OCH3 is 1. The van der Waals surface area contributed by atoms with Gasteiger partial charge in [-0.05, 0) is 37.6 Å². The highest BCUT2D eigenvalue weighted by Gasteiger charge is 2.21. The number of hydrogen-bond acceptors (Lipinski definition) is 9. The van der Waals surface area contributed by atoms with Crippen LogP contribution in [0.3, 0.4) is 0 Å². The van der Waals surface area contributed by atoms with E-state index in [1.165, 1.54) is 7.11 Å². The molecule has 3 N–H and O–H groups in total. The Labute approximate surface area is 206 Å². The molecule has 5 rings (SSSR count). The number of nitrogens with one attached hydrogen (secondary N) is 1. The molecule has 0 spiro atoms. The second-order valence-corrected chi connectivity index (χ2v) is 8.23. The van der Waals surface area contributed by atoms with E-state index in [1.807, 2.05) is 62.4 Å². The van der Waals surface area contributed by atoms with Gasteiger partial charge in [-0.15, -0.1) is 0 Å². The quantitative estimate of drug-likeness (QED) is 0.373. The zero-order chi connectivity index (χ0) is 25.2. The van der Waals surface area contributed by atoms with Gasteiger partial charge in [-0.1, -0.05) is 30.3 Å². The first kappa shape index (κ1) is 22.9. The van der Waals surface area contributed by atoms with Crippen LogP contribution in [0.2, 0.25) is 0 Å². The fraction of sp³-hybridized carbons (Fsp3) is 0.154. The molecule has 0 aliphatic carbocycles. The number of ether oxygens (including phenoxy) is 1. The van der Waals surface area contributed by atoms with Crippen molar-refractivity contribution in [3.05, 3.63) is 88.9 Å². The monoisotopic (exact) mass is 480 g/mol. The molecule has 0 unspecified atom stereocenters. The van der Waals surface area contributed by atoms with Crippen LogP contribution in [0.5, 0.6) is 6.01 Å². The van der Waals surface area contributed by atoms with Crippen molar-refractivity contribution >= 4 is 22.7 Å². The minimum Gasteiger partial charge on any atom is -0.467 e. The Morgan fingerprint density at radius 1 is 0.972 bits per heavy atom. The molecule has 36 heavy (non-hydrogen) atoms. The number of nitrogen functional groups attached to an aromatic ring is 1. The average Bonchev–Trinajstić information content (AvgIpc) is 2.90. The Morgan fingerprint density at radius 2 is 1.72 bits per heavy atom. The van der Waals surface area contributed by atoms with Gasteiger partial charge in [0.05, 0.1) is 29.7 Å². The van der Waals surface area contributed by atoms with Gasteiger partial charge >= 0.3 is 6.01 Å². The average molecular weight is 481 g/mol. The van der Waals surface area contributed by atoms with Gasteiger partial charge in [0.1, 0.15) is 11.6 Å². The molecule has 5 aromatic rings. The number of nitrogens with zero attached hydrogens (tertiary/aromatic N) is 6. The summed E-state index contributed by atoms with van der Waals surface area (Å²) in [4.78, 5) is 35.8. The van der Waals surface area contributed by atoms with Gasteiger partial charge in [0, 0.05) is 29.7 Å². The summed E-state index contributed by atoms with van der Waals surface area (Å²) in [7, 11) is 1.50. The van der Waals surface area contributed by atoms with Crippen LogP contribution in [0.4, 0.5) is 11.8 Å². The Balaban J connectivity index is 1.73. The highest BCUT2D eigenvalue weighted by atomic mass is 16.5. The van der Waals surface area contributed by atoms with Crippen molar-refractivity contribution < 1.29 is 4.74 Å². The predicted octanol–water partition coefficient (Wildman–Crippen LogP) is 3.71. The summed E-state index contributed by atoms with van der Waals surface area (Å²) in [6, 6.07) is 14.8. The highest BCUT2D eigenvalue weighted by molar-refractivity contribution is 5.94. The number of rotatable bonds is 6. The van der Waals surface area contributed by atoms with Crippen molar-refractivity contribution in [1.82, 2.24) is 29.5 Å². The standard InChI is InChI=1S/C26H24N8O2/c1-15-12-28-25(27)33-22(15)31-16(2)23-32-20-11-7-10-19(17-13-29-26(36-3)30-14-17)21(20)24(35)34(23)18-8-5-4-6-9-18/h4-14,16H,1-3H3,(H3,27,28,31,33)/t16-/m1/s1. The number of nitrogens with two attached hydrogens (primary N) is 1. The van der Waals surface area contributed by atoms with E-state index in [9.17, 15) is 4.79 Å². The predicted molar refractivity (Wildman–Crippen MR) is 138 cm³/mol. The van der Waals surface area contributed by atoms with E-state index in [4.69, 9.17) is 15.5 Å². The fourth-order valence-corrected chi connectivity index (χ4v) is 4.04. The highest BCUT2D eigenvalue weighted by Crippen LogP contribution is 2.28. The van der Waals surface area contributed by atoms with Crippen molar-refractivity contribution in [2.24, 2.45) is 0 Å². The zero-order valence-electron chi connectivity index (χ0n) is 20.0. The number of fused-ring (bicyclic) bond motifs is 1. The summed E-state index contributed by atoms with van der Waals surface area (Å²) >= 11 is 0. The molecule has 2 aromatic carbocycles. The smallest absolute Gasteiger partial charge is 0.316 e. The van der Waals surface area contributed by atoms with Crippen molar-refractivity contribution in [2.75, 3.05) is 18.2 Å². The maximum absolute atomic E-state index is 14.1. The van der Waals surface area contributed by atoms with E-state index in [0.717, 1.165) is 5.56 Å². The van der Waals surface area contributed by atoms with Crippen molar-refractivity contribution in [1.29, 1.82) is 0 Å². The Kier molecular flexibility index (Phi) is 5.99. The molecular weight excluding hydrogens is 456 g/mol. The van der Waals surface area contributed by atoms with Gasteiger partial charge in [-0.3, -0.25) is 9.36 Å². The first-order valence-corrected chi connectivity index (χ1v) is 11.3. The minimum absolute atomic E-state index is 0.161. The molecule has 0 fully saturated rings. The molecule has 0 bridgehead atoms. The van der Waals surface area contributed by atoms with Gasteiger partial charge in [0.2, 0.25) is 5.95 Å². The van der Waals surface area contributed by atoms with Gasteiger partial charge in [0.15, 0.2) is 0 Å². The van der Waals surface area contributed by atoms with Crippen molar-refractivity contribution in [3.8, 4) is 22.8 Å². The molecule has 0 aliphatic heterocycles. The fourth-order valence-electron chi connectivity index (χ4n) is 4.04. The molecule has 180 valence electrons. The van der Waals surface area contributed by atoms with Crippen molar-refractivity contribution in [3.63, 3.8) is 0 Å². The van der Waals surface area contributed by atoms with E-state index in [2.05, 4.69) is 25.3 Å². The Morgan fingerprint density at radius 3 is 2.44 bits per heavy atom. The lowest BCUT2D eigenvalue weighted by Gasteiger charge is -2.21. The number of anilines is 2. The third-order valence-corrected chi connectivity index (χ3v) is 5.79. The van der Waals surface area contributed by atoms with Crippen LogP contribution in [0.15, 0.2) is 71.9 Å². The lowest BCUT2D eigenvalue weighted by Crippen LogP contribution is -2.28. The Bertz CT molecular complexity index is 1600. The summed E-state index contributed by atoms with van der Waals surface area (Å²) < 4.78 is 6.69. The lowest BCUT2D eigenvalue weighted by molar-refractivity contribution is 0.380. The van der Waals surface area contributed by atoms with Crippen molar-refractivity contribution in [2.45, 2.75) is 19.9 Å². The summed E-state index contributed by atoms with van der Waals surface area (Å²) in [5.74, 6) is 1.26. The molecule has 3 aromatic heterocycles. The minimum atomic E-state index is -0.386. The van der Waals surface area contributed by atoms with Gasteiger partial charge < -0.3 is 15.8 Å². The number of aryl methyl sites for hydroxylation is 1. The third kappa shape index (κ3) is 4.20. The van der Waals surface area contributed by atoms with Crippen LogP contribution in [0.1, 0.15) is 24.4 Å². The largest absolute Gasteiger partial charge is 0.467 e. The van der Waals surface area contributed by atoms with Crippen LogP contribution in [-0.2, 0) is 0 Å².